The van der Waals surface area contributed by atoms with Gasteiger partial charge in [-0.05, 0) is 43.7 Å². The summed E-state index contributed by atoms with van der Waals surface area (Å²) >= 11 is 0. The number of ether oxygens (including phenoxy) is 4. The van der Waals surface area contributed by atoms with Crippen LogP contribution in [0, 0.1) is 0 Å². The van der Waals surface area contributed by atoms with Crippen molar-refractivity contribution in [2.24, 2.45) is 0 Å². The Hall–Kier alpha value is -4.39. The van der Waals surface area contributed by atoms with E-state index in [2.05, 4.69) is 5.32 Å². The first kappa shape index (κ1) is 24.7. The molecule has 0 radical (unpaired) electrons. The third-order valence-corrected chi connectivity index (χ3v) is 5.80. The molecular formula is C29H29NO6. The van der Waals surface area contributed by atoms with Crippen LogP contribution in [-0.2, 0) is 4.79 Å². The summed E-state index contributed by atoms with van der Waals surface area (Å²) in [6, 6.07) is 16.8. The van der Waals surface area contributed by atoms with Crippen molar-refractivity contribution in [2.45, 2.75) is 13.8 Å². The Kier molecular flexibility index (Phi) is 7.49. The quantitative estimate of drug-likeness (QED) is 0.269. The largest absolute Gasteiger partial charge is 0.496 e. The molecule has 4 aromatic rings. The number of rotatable bonds is 9. The molecule has 1 aromatic heterocycles. The summed E-state index contributed by atoms with van der Waals surface area (Å²) in [5.41, 5.74) is 4.63. The molecule has 3 aromatic carbocycles. The summed E-state index contributed by atoms with van der Waals surface area (Å²) in [6.45, 7) is 4.27. The molecule has 0 unspecified atom stereocenters. The lowest BCUT2D eigenvalue weighted by Crippen LogP contribution is -2.09. The summed E-state index contributed by atoms with van der Waals surface area (Å²) in [5.74, 6) is 2.22. The molecule has 0 aliphatic heterocycles. The first-order valence-corrected chi connectivity index (χ1v) is 11.5. The SMILES string of the molecule is CCOc1cc2occ(-c3ccccc3OC)c2cc1/C(C)=C/C(=O)Nc1ccc(OC)c(OC)c1. The van der Waals surface area contributed by atoms with Crippen LogP contribution in [0.4, 0.5) is 5.69 Å². The topological polar surface area (TPSA) is 79.2 Å². The highest BCUT2D eigenvalue weighted by Gasteiger charge is 2.17. The van der Waals surface area contributed by atoms with Gasteiger partial charge in [-0.2, -0.15) is 0 Å². The maximum Gasteiger partial charge on any atom is 0.248 e. The van der Waals surface area contributed by atoms with E-state index in [0.29, 0.717) is 35.1 Å². The van der Waals surface area contributed by atoms with Crippen molar-refractivity contribution in [2.75, 3.05) is 33.3 Å². The van der Waals surface area contributed by atoms with E-state index in [0.717, 1.165) is 33.4 Å². The average molecular weight is 488 g/mol. The Morgan fingerprint density at radius 2 is 1.64 bits per heavy atom. The Bertz CT molecular complexity index is 1420. The van der Waals surface area contributed by atoms with Gasteiger partial charge in [0.25, 0.3) is 0 Å². The maximum atomic E-state index is 12.9. The minimum atomic E-state index is -0.278. The van der Waals surface area contributed by atoms with Crippen LogP contribution in [0.1, 0.15) is 19.4 Å². The molecular weight excluding hydrogens is 458 g/mol. The van der Waals surface area contributed by atoms with Crippen LogP contribution < -0.4 is 24.3 Å². The van der Waals surface area contributed by atoms with Gasteiger partial charge >= 0.3 is 0 Å². The first-order valence-electron chi connectivity index (χ1n) is 11.5. The van der Waals surface area contributed by atoms with Crippen molar-refractivity contribution in [3.63, 3.8) is 0 Å². The number of hydrogen-bond donors (Lipinski definition) is 1. The van der Waals surface area contributed by atoms with E-state index in [1.807, 2.05) is 50.2 Å². The zero-order chi connectivity index (χ0) is 25.7. The van der Waals surface area contributed by atoms with Crippen molar-refractivity contribution in [1.29, 1.82) is 0 Å². The third-order valence-electron chi connectivity index (χ3n) is 5.80. The zero-order valence-corrected chi connectivity index (χ0v) is 21.0. The highest BCUT2D eigenvalue weighted by Crippen LogP contribution is 2.40. The zero-order valence-electron chi connectivity index (χ0n) is 21.0. The van der Waals surface area contributed by atoms with E-state index >= 15 is 0 Å². The molecule has 1 amide bonds. The molecule has 0 saturated heterocycles. The molecule has 0 atom stereocenters. The highest BCUT2D eigenvalue weighted by molar-refractivity contribution is 6.05. The minimum absolute atomic E-state index is 0.278. The Balaban J connectivity index is 1.71. The van der Waals surface area contributed by atoms with Gasteiger partial charge in [-0.1, -0.05) is 18.2 Å². The van der Waals surface area contributed by atoms with E-state index in [9.17, 15) is 4.79 Å². The average Bonchev–Trinajstić information content (AvgIpc) is 3.30. The molecule has 4 rings (SSSR count). The third kappa shape index (κ3) is 5.00. The van der Waals surface area contributed by atoms with Gasteiger partial charge in [-0.15, -0.1) is 0 Å². The minimum Gasteiger partial charge on any atom is -0.496 e. The molecule has 1 N–H and O–H groups in total. The Labute approximate surface area is 210 Å². The molecule has 0 aliphatic carbocycles. The molecule has 0 saturated carbocycles. The second-order valence-electron chi connectivity index (χ2n) is 8.01. The predicted octanol–water partition coefficient (Wildman–Crippen LogP) is 6.57. The standard InChI is InChI=1S/C29H29NO6/c1-6-35-26-16-27-22(23(17-36-27)20-9-7-8-10-24(20)32-3)15-21(26)18(2)13-29(31)30-19-11-12-25(33-4)28(14-19)34-5/h7-17H,6H2,1-5H3,(H,30,31)/b18-13+. The van der Waals surface area contributed by atoms with Gasteiger partial charge < -0.3 is 28.7 Å². The van der Waals surface area contributed by atoms with Gasteiger partial charge in [0, 0.05) is 46.0 Å². The summed E-state index contributed by atoms with van der Waals surface area (Å²) in [5, 5.41) is 3.77. The smallest absolute Gasteiger partial charge is 0.248 e. The number of fused-ring (bicyclic) bond motifs is 1. The van der Waals surface area contributed by atoms with Gasteiger partial charge in [0.2, 0.25) is 5.91 Å². The van der Waals surface area contributed by atoms with Crippen molar-refractivity contribution >= 4 is 28.1 Å². The van der Waals surface area contributed by atoms with Crippen LogP contribution in [-0.4, -0.2) is 33.8 Å². The van der Waals surface area contributed by atoms with Crippen molar-refractivity contribution in [3.05, 3.63) is 72.5 Å². The summed E-state index contributed by atoms with van der Waals surface area (Å²) < 4.78 is 27.9. The van der Waals surface area contributed by atoms with E-state index < -0.39 is 0 Å². The van der Waals surface area contributed by atoms with Gasteiger partial charge in [0.15, 0.2) is 11.5 Å². The van der Waals surface area contributed by atoms with E-state index in [4.69, 9.17) is 23.4 Å². The van der Waals surface area contributed by atoms with Crippen LogP contribution in [0.3, 0.4) is 0 Å². The van der Waals surface area contributed by atoms with Crippen LogP contribution in [0.2, 0.25) is 0 Å². The van der Waals surface area contributed by atoms with Crippen molar-refractivity contribution < 1.29 is 28.2 Å². The van der Waals surface area contributed by atoms with Gasteiger partial charge in [-0.25, -0.2) is 0 Å². The number of carbonyl (C=O) groups is 1. The normalized spacial score (nSPS) is 11.3. The number of allylic oxidation sites excluding steroid dienone is 1. The number of carbonyl (C=O) groups excluding carboxylic acids is 1. The number of hydrogen-bond acceptors (Lipinski definition) is 6. The lowest BCUT2D eigenvalue weighted by Gasteiger charge is -2.13. The second kappa shape index (κ2) is 10.9. The van der Waals surface area contributed by atoms with Gasteiger partial charge in [0.05, 0.1) is 34.2 Å². The molecule has 0 spiro atoms. The molecule has 0 aliphatic rings. The van der Waals surface area contributed by atoms with Gasteiger partial charge in [-0.3, -0.25) is 4.79 Å². The van der Waals surface area contributed by atoms with Crippen LogP contribution >= 0.6 is 0 Å². The number of benzene rings is 3. The predicted molar refractivity (Wildman–Crippen MR) is 141 cm³/mol. The molecule has 7 heteroatoms. The monoisotopic (exact) mass is 487 g/mol. The van der Waals surface area contributed by atoms with Crippen molar-refractivity contribution in [1.82, 2.24) is 0 Å². The lowest BCUT2D eigenvalue weighted by molar-refractivity contribution is -0.111. The van der Waals surface area contributed by atoms with E-state index in [-0.39, 0.29) is 5.91 Å². The molecule has 7 nitrogen and oxygen atoms in total. The van der Waals surface area contributed by atoms with Crippen LogP contribution in [0.15, 0.2) is 71.4 Å². The van der Waals surface area contributed by atoms with E-state index in [1.165, 1.54) is 0 Å². The van der Waals surface area contributed by atoms with Crippen LogP contribution in [0.5, 0.6) is 23.0 Å². The Morgan fingerprint density at radius 3 is 2.36 bits per heavy atom. The van der Waals surface area contributed by atoms with E-state index in [1.54, 1.807) is 51.9 Å². The summed E-state index contributed by atoms with van der Waals surface area (Å²) in [4.78, 5) is 12.9. The molecule has 0 fully saturated rings. The fourth-order valence-corrected chi connectivity index (χ4v) is 4.08. The van der Waals surface area contributed by atoms with Crippen molar-refractivity contribution in [3.8, 4) is 34.1 Å². The number of furan rings is 1. The second-order valence-corrected chi connectivity index (χ2v) is 8.01. The molecule has 186 valence electrons. The first-order chi connectivity index (χ1) is 17.5. The number of nitrogens with one attached hydrogen (secondary N) is 1. The van der Waals surface area contributed by atoms with Gasteiger partial charge in [0.1, 0.15) is 17.1 Å². The maximum absolute atomic E-state index is 12.9. The number of para-hydroxylation sites is 1. The molecule has 1 heterocycles. The summed E-state index contributed by atoms with van der Waals surface area (Å²) in [6.07, 6.45) is 3.26. The number of anilines is 1. The molecule has 36 heavy (non-hydrogen) atoms. The highest BCUT2D eigenvalue weighted by atomic mass is 16.5. The fourth-order valence-electron chi connectivity index (χ4n) is 4.08. The van der Waals surface area contributed by atoms with Crippen LogP contribution in [0.25, 0.3) is 27.7 Å². The number of methoxy groups -OCH3 is 3. The summed E-state index contributed by atoms with van der Waals surface area (Å²) in [7, 11) is 4.76. The lowest BCUT2D eigenvalue weighted by atomic mass is 9.98. The Morgan fingerprint density at radius 1 is 0.889 bits per heavy atom. The fraction of sp³-hybridized carbons (Fsp3) is 0.207. The molecule has 0 bridgehead atoms. The number of amides is 1.